The highest BCUT2D eigenvalue weighted by Crippen LogP contribution is 2.26. The van der Waals surface area contributed by atoms with E-state index in [1.165, 1.54) is 13.0 Å². The van der Waals surface area contributed by atoms with Crippen LogP contribution in [0.2, 0.25) is 0 Å². The quantitative estimate of drug-likeness (QED) is 0.657. The minimum absolute atomic E-state index is 0.263. The van der Waals surface area contributed by atoms with Crippen LogP contribution in [-0.2, 0) is 19.7 Å². The zero-order chi connectivity index (χ0) is 10.9. The molecule has 0 bridgehead atoms. The standard InChI is InChI=1S/C6H11NO4S2/c1-4-6(5-7,12(2,8)9)13(3,10)11/h4H2,1-3H3. The summed E-state index contributed by atoms with van der Waals surface area (Å²) >= 11 is 0. The monoisotopic (exact) mass is 225 g/mol. The molecule has 0 atom stereocenters. The topological polar surface area (TPSA) is 92.1 Å². The summed E-state index contributed by atoms with van der Waals surface area (Å²) in [6.07, 6.45) is 1.24. The summed E-state index contributed by atoms with van der Waals surface area (Å²) in [5.74, 6) is 0. The first kappa shape index (κ1) is 12.4. The van der Waals surface area contributed by atoms with Crippen LogP contribution >= 0.6 is 0 Å². The SMILES string of the molecule is CCC(C#N)(S(C)(=O)=O)S(C)(=O)=O. The second kappa shape index (κ2) is 3.27. The molecule has 0 spiro atoms. The van der Waals surface area contributed by atoms with Crippen molar-refractivity contribution in [1.29, 1.82) is 5.26 Å². The first-order valence-corrected chi connectivity index (χ1v) is 7.21. The Morgan fingerprint density at radius 1 is 1.15 bits per heavy atom. The maximum Gasteiger partial charge on any atom is 0.256 e. The Bertz CT molecular complexity index is 394. The van der Waals surface area contributed by atoms with Gasteiger partial charge < -0.3 is 0 Å². The molecular weight excluding hydrogens is 214 g/mol. The first-order chi connectivity index (χ1) is 5.62. The van der Waals surface area contributed by atoms with Gasteiger partial charge in [0.2, 0.25) is 0 Å². The molecule has 0 saturated heterocycles. The van der Waals surface area contributed by atoms with Gasteiger partial charge in [0.25, 0.3) is 4.08 Å². The van der Waals surface area contributed by atoms with Gasteiger partial charge in [-0.2, -0.15) is 5.26 Å². The van der Waals surface area contributed by atoms with Gasteiger partial charge in [-0.25, -0.2) is 16.8 Å². The van der Waals surface area contributed by atoms with Crippen LogP contribution in [-0.4, -0.2) is 33.4 Å². The lowest BCUT2D eigenvalue weighted by Gasteiger charge is -2.20. The molecule has 0 radical (unpaired) electrons. The van der Waals surface area contributed by atoms with E-state index in [1.54, 1.807) is 0 Å². The van der Waals surface area contributed by atoms with E-state index in [-0.39, 0.29) is 6.42 Å². The van der Waals surface area contributed by atoms with Crippen LogP contribution in [0.3, 0.4) is 0 Å². The molecule has 0 aromatic heterocycles. The number of rotatable bonds is 3. The molecule has 0 saturated carbocycles. The Kier molecular flexibility index (Phi) is 3.12. The predicted molar refractivity (Wildman–Crippen MR) is 48.3 cm³/mol. The maximum atomic E-state index is 11.2. The van der Waals surface area contributed by atoms with E-state index in [0.717, 1.165) is 12.5 Å². The van der Waals surface area contributed by atoms with Gasteiger partial charge >= 0.3 is 0 Å². The average Bonchev–Trinajstić information content (AvgIpc) is 1.84. The van der Waals surface area contributed by atoms with E-state index in [0.29, 0.717) is 0 Å². The van der Waals surface area contributed by atoms with Crippen LogP contribution in [0.25, 0.3) is 0 Å². The van der Waals surface area contributed by atoms with E-state index >= 15 is 0 Å². The molecule has 0 unspecified atom stereocenters. The molecule has 0 heterocycles. The van der Waals surface area contributed by atoms with Crippen LogP contribution in [0.1, 0.15) is 13.3 Å². The molecule has 0 N–H and O–H groups in total. The molecule has 0 aliphatic heterocycles. The minimum atomic E-state index is -3.93. The molecule has 0 aromatic carbocycles. The highest BCUT2D eigenvalue weighted by atomic mass is 32.3. The van der Waals surface area contributed by atoms with Crippen molar-refractivity contribution in [3.63, 3.8) is 0 Å². The second-order valence-corrected chi connectivity index (χ2v) is 7.50. The first-order valence-electron chi connectivity index (χ1n) is 3.43. The van der Waals surface area contributed by atoms with Crippen molar-refractivity contribution in [3.8, 4) is 6.07 Å². The maximum absolute atomic E-state index is 11.2. The minimum Gasteiger partial charge on any atom is -0.226 e. The fraction of sp³-hybridized carbons (Fsp3) is 0.833. The average molecular weight is 225 g/mol. The van der Waals surface area contributed by atoms with Gasteiger partial charge in [0, 0.05) is 12.5 Å². The van der Waals surface area contributed by atoms with Crippen molar-refractivity contribution >= 4 is 19.7 Å². The fourth-order valence-electron chi connectivity index (χ4n) is 1.04. The number of nitrogens with zero attached hydrogens (tertiary/aromatic N) is 1. The van der Waals surface area contributed by atoms with Crippen LogP contribution in [0.15, 0.2) is 0 Å². The third-order valence-electron chi connectivity index (χ3n) is 1.83. The predicted octanol–water partition coefficient (Wildman–Crippen LogP) is -0.295. The van der Waals surface area contributed by atoms with E-state index in [4.69, 9.17) is 5.26 Å². The van der Waals surface area contributed by atoms with Crippen molar-refractivity contribution in [2.75, 3.05) is 12.5 Å². The van der Waals surface area contributed by atoms with Crippen molar-refractivity contribution in [1.82, 2.24) is 0 Å². The Morgan fingerprint density at radius 3 is 1.46 bits per heavy atom. The number of nitriles is 1. The van der Waals surface area contributed by atoms with Crippen LogP contribution in [0.4, 0.5) is 0 Å². The van der Waals surface area contributed by atoms with Gasteiger partial charge in [-0.15, -0.1) is 0 Å². The summed E-state index contributed by atoms with van der Waals surface area (Å²) in [6.45, 7) is 1.35. The zero-order valence-corrected chi connectivity index (χ0v) is 9.24. The largest absolute Gasteiger partial charge is 0.256 e. The van der Waals surface area contributed by atoms with Crippen LogP contribution in [0.5, 0.6) is 0 Å². The van der Waals surface area contributed by atoms with Gasteiger partial charge in [0.1, 0.15) is 6.07 Å². The fourth-order valence-corrected chi connectivity index (χ4v) is 4.62. The molecule has 7 heteroatoms. The summed E-state index contributed by atoms with van der Waals surface area (Å²) in [5, 5.41) is 8.64. The third kappa shape index (κ3) is 1.84. The lowest BCUT2D eigenvalue weighted by Crippen LogP contribution is -2.43. The highest BCUT2D eigenvalue weighted by molar-refractivity contribution is 8.10. The summed E-state index contributed by atoms with van der Waals surface area (Å²) < 4.78 is 42.4. The van der Waals surface area contributed by atoms with Gasteiger partial charge in [0.15, 0.2) is 19.7 Å². The molecule has 0 aliphatic rings. The van der Waals surface area contributed by atoms with Crippen molar-refractivity contribution in [2.24, 2.45) is 0 Å². The summed E-state index contributed by atoms with van der Waals surface area (Å²) in [5.41, 5.74) is 0. The van der Waals surface area contributed by atoms with Crippen molar-refractivity contribution < 1.29 is 16.8 Å². The van der Waals surface area contributed by atoms with Crippen LogP contribution < -0.4 is 0 Å². The smallest absolute Gasteiger partial charge is 0.226 e. The van der Waals surface area contributed by atoms with E-state index in [9.17, 15) is 16.8 Å². The lowest BCUT2D eigenvalue weighted by atomic mass is 10.3. The van der Waals surface area contributed by atoms with Crippen molar-refractivity contribution in [2.45, 2.75) is 17.4 Å². The molecule has 0 aromatic rings. The Labute approximate surface area is 78.2 Å². The van der Waals surface area contributed by atoms with Crippen molar-refractivity contribution in [3.05, 3.63) is 0 Å². The molecule has 0 aliphatic carbocycles. The Balaban J connectivity index is 5.96. The third-order valence-corrected chi connectivity index (χ3v) is 6.81. The number of hydrogen-bond donors (Lipinski definition) is 0. The number of sulfone groups is 2. The van der Waals surface area contributed by atoms with Gasteiger partial charge in [-0.3, -0.25) is 0 Å². The molecule has 5 nitrogen and oxygen atoms in total. The summed E-state index contributed by atoms with van der Waals surface area (Å²) in [7, 11) is -7.87. The lowest BCUT2D eigenvalue weighted by molar-refractivity contribution is 0.563. The van der Waals surface area contributed by atoms with E-state index < -0.39 is 23.8 Å². The van der Waals surface area contributed by atoms with E-state index in [2.05, 4.69) is 0 Å². The summed E-state index contributed by atoms with van der Waals surface area (Å²) in [6, 6.07) is 1.37. The Hall–Kier alpha value is -0.610. The second-order valence-electron chi connectivity index (χ2n) is 2.76. The molecule has 13 heavy (non-hydrogen) atoms. The number of hydrogen-bond acceptors (Lipinski definition) is 5. The molecule has 0 rings (SSSR count). The molecular formula is C6H11NO4S2. The van der Waals surface area contributed by atoms with E-state index in [1.807, 2.05) is 0 Å². The molecule has 76 valence electrons. The normalized spacial score (nSPS) is 13.7. The van der Waals surface area contributed by atoms with Gasteiger partial charge in [0.05, 0.1) is 0 Å². The highest BCUT2D eigenvalue weighted by Gasteiger charge is 2.49. The molecule has 0 fully saturated rings. The van der Waals surface area contributed by atoms with Gasteiger partial charge in [-0.1, -0.05) is 6.92 Å². The Morgan fingerprint density at radius 2 is 1.46 bits per heavy atom. The van der Waals surface area contributed by atoms with Gasteiger partial charge in [-0.05, 0) is 6.42 Å². The van der Waals surface area contributed by atoms with Crippen LogP contribution in [0, 0.1) is 11.3 Å². The molecule has 0 amide bonds. The zero-order valence-electron chi connectivity index (χ0n) is 7.60. The summed E-state index contributed by atoms with van der Waals surface area (Å²) in [4.78, 5) is 0.